The van der Waals surface area contributed by atoms with Crippen LogP contribution in [0.25, 0.3) is 0 Å². The van der Waals surface area contributed by atoms with Crippen LogP contribution in [0.2, 0.25) is 0 Å². The topological polar surface area (TPSA) is 38.3 Å². The zero-order chi connectivity index (χ0) is 8.27. The van der Waals surface area contributed by atoms with Crippen LogP contribution < -0.4 is 5.32 Å². The molecule has 1 N–H and O–H groups in total. The summed E-state index contributed by atoms with van der Waals surface area (Å²) < 4.78 is 5.36. The molecule has 11 heavy (non-hydrogen) atoms. The smallest absolute Gasteiger partial charge is 0.411 e. The largest absolute Gasteiger partial charge is 0.453 e. The average Bonchev–Trinajstić information content (AvgIpc) is 2.35. The second-order valence-corrected chi connectivity index (χ2v) is 3.57. The summed E-state index contributed by atoms with van der Waals surface area (Å²) in [5.41, 5.74) is 0. The molecule has 1 heterocycles. The summed E-state index contributed by atoms with van der Waals surface area (Å²) in [6.07, 6.45) is -0.445. The second kappa shape index (κ2) is 3.73. The Morgan fingerprint density at radius 1 is 1.82 bits per heavy atom. The first kappa shape index (κ1) is 8.55. The molecule has 0 radical (unpaired) electrons. The van der Waals surface area contributed by atoms with Crippen molar-refractivity contribution in [2.45, 2.75) is 0 Å². The minimum Gasteiger partial charge on any atom is -0.453 e. The molecule has 0 fully saturated rings. The molecule has 1 amide bonds. The zero-order valence-electron chi connectivity index (χ0n) is 5.76. The molecule has 1 aromatic rings. The highest BCUT2D eigenvalue weighted by atomic mass is 79.9. The standard InChI is InChI=1S/C6H6BrNO2S/c1-10-6(9)8-5-2-4(7)3-11-5/h2-3H,1H3,(H,8,9). The molecule has 1 rings (SSSR count). The van der Waals surface area contributed by atoms with E-state index in [1.54, 1.807) is 0 Å². The van der Waals surface area contributed by atoms with Crippen molar-refractivity contribution in [3.05, 3.63) is 15.9 Å². The highest BCUT2D eigenvalue weighted by molar-refractivity contribution is 9.10. The first-order valence-corrected chi connectivity index (χ1v) is 4.48. The fraction of sp³-hybridized carbons (Fsp3) is 0.167. The van der Waals surface area contributed by atoms with Gasteiger partial charge in [0.1, 0.15) is 0 Å². The number of hydrogen-bond acceptors (Lipinski definition) is 3. The van der Waals surface area contributed by atoms with Gasteiger partial charge in [-0.15, -0.1) is 11.3 Å². The minimum atomic E-state index is -0.445. The number of carbonyl (C=O) groups is 1. The van der Waals surface area contributed by atoms with Gasteiger partial charge in [-0.2, -0.15) is 0 Å². The van der Waals surface area contributed by atoms with Crippen molar-refractivity contribution in [2.24, 2.45) is 0 Å². The molecule has 5 heteroatoms. The SMILES string of the molecule is COC(=O)Nc1cc(Br)cs1. The van der Waals surface area contributed by atoms with Crippen LogP contribution in [0.4, 0.5) is 9.80 Å². The summed E-state index contributed by atoms with van der Waals surface area (Å²) in [5, 5.41) is 5.19. The van der Waals surface area contributed by atoms with Gasteiger partial charge in [0.05, 0.1) is 12.1 Å². The van der Waals surface area contributed by atoms with E-state index in [4.69, 9.17) is 0 Å². The first-order chi connectivity index (χ1) is 5.22. The van der Waals surface area contributed by atoms with Crippen molar-refractivity contribution in [2.75, 3.05) is 12.4 Å². The Morgan fingerprint density at radius 3 is 3.00 bits per heavy atom. The lowest BCUT2D eigenvalue weighted by molar-refractivity contribution is 0.187. The van der Waals surface area contributed by atoms with E-state index in [9.17, 15) is 4.79 Å². The van der Waals surface area contributed by atoms with Crippen LogP contribution in [-0.2, 0) is 4.74 Å². The summed E-state index contributed by atoms with van der Waals surface area (Å²) in [6, 6.07) is 1.81. The third-order valence-corrected chi connectivity index (χ3v) is 2.58. The molecule has 0 spiro atoms. The third-order valence-electron chi connectivity index (χ3n) is 0.978. The number of anilines is 1. The van der Waals surface area contributed by atoms with E-state index >= 15 is 0 Å². The van der Waals surface area contributed by atoms with E-state index in [1.165, 1.54) is 18.4 Å². The van der Waals surface area contributed by atoms with Gasteiger partial charge < -0.3 is 4.74 Å². The van der Waals surface area contributed by atoms with E-state index in [0.717, 1.165) is 9.47 Å². The molecule has 0 aliphatic heterocycles. The molecule has 0 bridgehead atoms. The molecule has 0 saturated carbocycles. The third kappa shape index (κ3) is 2.51. The van der Waals surface area contributed by atoms with Gasteiger partial charge in [-0.05, 0) is 22.0 Å². The van der Waals surface area contributed by atoms with Crippen LogP contribution in [0.5, 0.6) is 0 Å². The summed E-state index contributed by atoms with van der Waals surface area (Å²) in [5.74, 6) is 0. The summed E-state index contributed by atoms with van der Waals surface area (Å²) in [4.78, 5) is 10.6. The summed E-state index contributed by atoms with van der Waals surface area (Å²) >= 11 is 4.70. The maximum absolute atomic E-state index is 10.6. The van der Waals surface area contributed by atoms with Gasteiger partial charge in [-0.3, -0.25) is 5.32 Å². The van der Waals surface area contributed by atoms with Gasteiger partial charge in [0, 0.05) is 9.85 Å². The Kier molecular flexibility index (Phi) is 2.90. The number of rotatable bonds is 1. The highest BCUT2D eigenvalue weighted by Gasteiger charge is 2.01. The number of nitrogens with one attached hydrogen (secondary N) is 1. The van der Waals surface area contributed by atoms with Crippen LogP contribution >= 0.6 is 27.3 Å². The Balaban J connectivity index is 2.57. The number of halogens is 1. The van der Waals surface area contributed by atoms with Crippen LogP contribution in [0.3, 0.4) is 0 Å². The minimum absolute atomic E-state index is 0.445. The van der Waals surface area contributed by atoms with Crippen LogP contribution in [-0.4, -0.2) is 13.2 Å². The van der Waals surface area contributed by atoms with E-state index in [-0.39, 0.29) is 0 Å². The molecule has 0 unspecified atom stereocenters. The number of amides is 1. The van der Waals surface area contributed by atoms with E-state index < -0.39 is 6.09 Å². The normalized spacial score (nSPS) is 9.27. The van der Waals surface area contributed by atoms with Crippen molar-refractivity contribution in [3.8, 4) is 0 Å². The van der Waals surface area contributed by atoms with Crippen molar-refractivity contribution in [3.63, 3.8) is 0 Å². The van der Waals surface area contributed by atoms with Crippen molar-refractivity contribution in [1.29, 1.82) is 0 Å². The predicted molar refractivity (Wildman–Crippen MR) is 48.0 cm³/mol. The number of thiophene rings is 1. The zero-order valence-corrected chi connectivity index (χ0v) is 8.16. The monoisotopic (exact) mass is 235 g/mol. The summed E-state index contributed by atoms with van der Waals surface area (Å²) in [6.45, 7) is 0. The molecular formula is C6H6BrNO2S. The van der Waals surface area contributed by atoms with Gasteiger partial charge >= 0.3 is 6.09 Å². The lowest BCUT2D eigenvalue weighted by Crippen LogP contribution is -2.09. The van der Waals surface area contributed by atoms with E-state index in [2.05, 4.69) is 26.0 Å². The maximum Gasteiger partial charge on any atom is 0.411 e. The Bertz CT molecular complexity index is 261. The van der Waals surface area contributed by atoms with Gasteiger partial charge in [-0.25, -0.2) is 4.79 Å². The second-order valence-electron chi connectivity index (χ2n) is 1.75. The number of hydrogen-bond donors (Lipinski definition) is 1. The first-order valence-electron chi connectivity index (χ1n) is 2.81. The quantitative estimate of drug-likeness (QED) is 0.813. The molecule has 60 valence electrons. The molecule has 1 aromatic heterocycles. The summed E-state index contributed by atoms with van der Waals surface area (Å²) in [7, 11) is 1.33. The van der Waals surface area contributed by atoms with Gasteiger partial charge in [0.2, 0.25) is 0 Å². The highest BCUT2D eigenvalue weighted by Crippen LogP contribution is 2.24. The molecular weight excluding hydrogens is 230 g/mol. The molecule has 3 nitrogen and oxygen atoms in total. The van der Waals surface area contributed by atoms with Crippen LogP contribution in [0.1, 0.15) is 0 Å². The van der Waals surface area contributed by atoms with Gasteiger partial charge in [0.15, 0.2) is 0 Å². The van der Waals surface area contributed by atoms with Crippen molar-refractivity contribution >= 4 is 38.4 Å². The van der Waals surface area contributed by atoms with Gasteiger partial charge in [-0.1, -0.05) is 0 Å². The number of methoxy groups -OCH3 is 1. The average molecular weight is 236 g/mol. The Morgan fingerprint density at radius 2 is 2.55 bits per heavy atom. The Labute approximate surface area is 76.5 Å². The van der Waals surface area contributed by atoms with Crippen molar-refractivity contribution in [1.82, 2.24) is 0 Å². The number of carbonyl (C=O) groups excluding carboxylic acids is 1. The van der Waals surface area contributed by atoms with E-state index in [1.807, 2.05) is 11.4 Å². The lowest BCUT2D eigenvalue weighted by atomic mass is 10.6. The van der Waals surface area contributed by atoms with E-state index in [0.29, 0.717) is 0 Å². The van der Waals surface area contributed by atoms with Crippen LogP contribution in [0.15, 0.2) is 15.9 Å². The fourth-order valence-corrected chi connectivity index (χ4v) is 1.84. The van der Waals surface area contributed by atoms with Gasteiger partial charge in [0.25, 0.3) is 0 Å². The number of ether oxygens (including phenoxy) is 1. The maximum atomic E-state index is 10.6. The molecule has 0 saturated heterocycles. The predicted octanol–water partition coefficient (Wildman–Crippen LogP) is 2.69. The molecule has 0 aliphatic rings. The fourth-order valence-electron chi connectivity index (χ4n) is 0.530. The lowest BCUT2D eigenvalue weighted by Gasteiger charge is -1.97. The van der Waals surface area contributed by atoms with Crippen LogP contribution in [0, 0.1) is 0 Å². The molecule has 0 atom stereocenters. The van der Waals surface area contributed by atoms with Crippen molar-refractivity contribution < 1.29 is 9.53 Å². The molecule has 0 aliphatic carbocycles. The molecule has 0 aromatic carbocycles. The Hall–Kier alpha value is -0.550.